The number of amides is 1. The van der Waals surface area contributed by atoms with Crippen LogP contribution in [0.2, 0.25) is 0 Å². The molecule has 0 fully saturated rings. The van der Waals surface area contributed by atoms with Crippen molar-refractivity contribution in [3.63, 3.8) is 0 Å². The predicted molar refractivity (Wildman–Crippen MR) is 75.9 cm³/mol. The predicted octanol–water partition coefficient (Wildman–Crippen LogP) is 1.43. The zero-order valence-electron chi connectivity index (χ0n) is 10.3. The minimum Gasteiger partial charge on any atom is -0.352 e. The van der Waals surface area contributed by atoms with Gasteiger partial charge in [-0.25, -0.2) is 9.97 Å². The van der Waals surface area contributed by atoms with E-state index in [9.17, 15) is 4.79 Å². The Morgan fingerprint density at radius 2 is 2.06 bits per heavy atom. The first-order valence-electron chi connectivity index (χ1n) is 5.54. The minimum atomic E-state index is -0.0102. The van der Waals surface area contributed by atoms with E-state index in [1.54, 1.807) is 12.4 Å². The Kier molecular flexibility index (Phi) is 5.60. The van der Waals surface area contributed by atoms with E-state index in [1.807, 2.05) is 25.7 Å². The molecule has 1 N–H and O–H groups in total. The van der Waals surface area contributed by atoms with Gasteiger partial charge in [-0.1, -0.05) is 0 Å². The standard InChI is InChI=1S/C11H17IN4O/c1-4-16(7-10(17)15-8(2)3)11-13-5-9(12)6-14-11/h5-6,8H,4,7H2,1-3H3,(H,15,17). The number of aromatic nitrogens is 2. The highest BCUT2D eigenvalue weighted by molar-refractivity contribution is 14.1. The van der Waals surface area contributed by atoms with Crippen LogP contribution in [-0.2, 0) is 4.79 Å². The molecule has 0 atom stereocenters. The normalized spacial score (nSPS) is 10.4. The summed E-state index contributed by atoms with van der Waals surface area (Å²) in [6.45, 7) is 6.84. The Balaban J connectivity index is 2.65. The molecule has 0 saturated heterocycles. The molecular formula is C11H17IN4O. The van der Waals surface area contributed by atoms with Crippen LogP contribution in [0.3, 0.4) is 0 Å². The van der Waals surface area contributed by atoms with Gasteiger partial charge in [0.25, 0.3) is 0 Å². The number of anilines is 1. The van der Waals surface area contributed by atoms with E-state index in [0.29, 0.717) is 12.5 Å². The van der Waals surface area contributed by atoms with Gasteiger partial charge in [-0.15, -0.1) is 0 Å². The largest absolute Gasteiger partial charge is 0.352 e. The van der Waals surface area contributed by atoms with Crippen molar-refractivity contribution in [2.75, 3.05) is 18.0 Å². The van der Waals surface area contributed by atoms with E-state index in [2.05, 4.69) is 37.9 Å². The summed E-state index contributed by atoms with van der Waals surface area (Å²) in [5.41, 5.74) is 0. The smallest absolute Gasteiger partial charge is 0.239 e. The Bertz CT molecular complexity index is 366. The van der Waals surface area contributed by atoms with Gasteiger partial charge in [-0.3, -0.25) is 4.79 Å². The van der Waals surface area contributed by atoms with E-state index in [0.717, 1.165) is 3.57 Å². The first-order valence-corrected chi connectivity index (χ1v) is 6.62. The van der Waals surface area contributed by atoms with Crippen molar-refractivity contribution < 1.29 is 4.79 Å². The average molecular weight is 348 g/mol. The lowest BCUT2D eigenvalue weighted by Crippen LogP contribution is -2.40. The van der Waals surface area contributed by atoms with Crippen molar-refractivity contribution in [3.05, 3.63) is 16.0 Å². The molecule has 0 aliphatic carbocycles. The minimum absolute atomic E-state index is 0.0102. The molecule has 0 spiro atoms. The van der Waals surface area contributed by atoms with Crippen LogP contribution in [0.4, 0.5) is 5.95 Å². The van der Waals surface area contributed by atoms with Crippen molar-refractivity contribution in [3.8, 4) is 0 Å². The highest BCUT2D eigenvalue weighted by atomic mass is 127. The number of halogens is 1. The molecule has 1 rings (SSSR count). The first kappa shape index (κ1) is 14.1. The van der Waals surface area contributed by atoms with Crippen LogP contribution in [0.5, 0.6) is 0 Å². The molecule has 5 nitrogen and oxygen atoms in total. The summed E-state index contributed by atoms with van der Waals surface area (Å²) in [5.74, 6) is 0.579. The molecule has 0 saturated carbocycles. The second kappa shape index (κ2) is 6.73. The molecule has 17 heavy (non-hydrogen) atoms. The molecule has 6 heteroatoms. The second-order valence-corrected chi connectivity index (χ2v) is 5.18. The molecule has 0 aliphatic heterocycles. The van der Waals surface area contributed by atoms with Gasteiger partial charge in [0.05, 0.1) is 6.54 Å². The monoisotopic (exact) mass is 348 g/mol. The van der Waals surface area contributed by atoms with E-state index in [1.165, 1.54) is 0 Å². The summed E-state index contributed by atoms with van der Waals surface area (Å²) in [4.78, 5) is 21.9. The molecule has 0 bridgehead atoms. The first-order chi connectivity index (χ1) is 8.02. The third kappa shape index (κ3) is 4.84. The fourth-order valence-electron chi connectivity index (χ4n) is 1.33. The number of carbonyl (C=O) groups is 1. The summed E-state index contributed by atoms with van der Waals surface area (Å²) >= 11 is 2.15. The lowest BCUT2D eigenvalue weighted by atomic mass is 10.4. The maximum absolute atomic E-state index is 11.7. The van der Waals surface area contributed by atoms with E-state index in [-0.39, 0.29) is 18.5 Å². The van der Waals surface area contributed by atoms with Gasteiger partial charge in [0.2, 0.25) is 11.9 Å². The summed E-state index contributed by atoms with van der Waals surface area (Å²) < 4.78 is 0.981. The van der Waals surface area contributed by atoms with E-state index >= 15 is 0 Å². The summed E-state index contributed by atoms with van der Waals surface area (Å²) in [6, 6.07) is 0.152. The molecule has 0 aliphatic rings. The zero-order chi connectivity index (χ0) is 12.8. The van der Waals surface area contributed by atoms with E-state index in [4.69, 9.17) is 0 Å². The van der Waals surface area contributed by atoms with Crippen molar-refractivity contribution >= 4 is 34.4 Å². The van der Waals surface area contributed by atoms with Gasteiger partial charge in [-0.05, 0) is 43.4 Å². The summed E-state index contributed by atoms with van der Waals surface area (Å²) in [7, 11) is 0. The second-order valence-electron chi connectivity index (χ2n) is 3.94. The number of hydrogen-bond acceptors (Lipinski definition) is 4. The van der Waals surface area contributed by atoms with Crippen molar-refractivity contribution in [1.29, 1.82) is 0 Å². The molecule has 0 unspecified atom stereocenters. The quantitative estimate of drug-likeness (QED) is 0.818. The van der Waals surface area contributed by atoms with Crippen molar-refractivity contribution in [1.82, 2.24) is 15.3 Å². The number of nitrogens with one attached hydrogen (secondary N) is 1. The van der Waals surface area contributed by atoms with Crippen LogP contribution in [0.25, 0.3) is 0 Å². The number of carbonyl (C=O) groups excluding carboxylic acids is 1. The van der Waals surface area contributed by atoms with Gasteiger partial charge >= 0.3 is 0 Å². The molecule has 1 heterocycles. The number of rotatable bonds is 5. The highest BCUT2D eigenvalue weighted by Crippen LogP contribution is 2.07. The molecule has 94 valence electrons. The summed E-state index contributed by atoms with van der Waals surface area (Å²) in [5, 5.41) is 2.85. The molecule has 1 aromatic heterocycles. The number of hydrogen-bond donors (Lipinski definition) is 1. The third-order valence-corrected chi connectivity index (χ3v) is 2.61. The van der Waals surface area contributed by atoms with Gasteiger partial charge in [-0.2, -0.15) is 0 Å². The van der Waals surface area contributed by atoms with Crippen LogP contribution >= 0.6 is 22.6 Å². The SMILES string of the molecule is CCN(CC(=O)NC(C)C)c1ncc(I)cn1. The van der Waals surface area contributed by atoms with Gasteiger partial charge < -0.3 is 10.2 Å². The van der Waals surface area contributed by atoms with Crippen LogP contribution in [0.15, 0.2) is 12.4 Å². The maximum Gasteiger partial charge on any atom is 0.239 e. The number of likely N-dealkylation sites (N-methyl/N-ethyl adjacent to an activating group) is 1. The van der Waals surface area contributed by atoms with Crippen molar-refractivity contribution in [2.24, 2.45) is 0 Å². The third-order valence-electron chi connectivity index (χ3n) is 2.06. The van der Waals surface area contributed by atoms with Crippen LogP contribution in [0.1, 0.15) is 20.8 Å². The van der Waals surface area contributed by atoms with Crippen molar-refractivity contribution in [2.45, 2.75) is 26.8 Å². The Hall–Kier alpha value is -0.920. The van der Waals surface area contributed by atoms with Gasteiger partial charge in [0.15, 0.2) is 0 Å². The lowest BCUT2D eigenvalue weighted by Gasteiger charge is -2.20. The molecule has 1 amide bonds. The Morgan fingerprint density at radius 1 is 1.47 bits per heavy atom. The van der Waals surface area contributed by atoms with E-state index < -0.39 is 0 Å². The average Bonchev–Trinajstić information content (AvgIpc) is 2.26. The topological polar surface area (TPSA) is 58.1 Å². The fourth-order valence-corrected chi connectivity index (χ4v) is 1.61. The maximum atomic E-state index is 11.7. The fraction of sp³-hybridized carbons (Fsp3) is 0.545. The summed E-state index contributed by atoms with van der Waals surface area (Å²) in [6.07, 6.45) is 3.48. The highest BCUT2D eigenvalue weighted by Gasteiger charge is 2.12. The molecule has 1 aromatic rings. The zero-order valence-corrected chi connectivity index (χ0v) is 12.4. The molecule has 0 aromatic carbocycles. The van der Waals surface area contributed by atoms with Crippen LogP contribution in [0, 0.1) is 3.57 Å². The lowest BCUT2D eigenvalue weighted by molar-refractivity contribution is -0.120. The van der Waals surface area contributed by atoms with Gasteiger partial charge in [0.1, 0.15) is 0 Å². The Morgan fingerprint density at radius 3 is 2.53 bits per heavy atom. The van der Waals surface area contributed by atoms with Gasteiger partial charge in [0, 0.05) is 28.6 Å². The number of nitrogens with zero attached hydrogens (tertiary/aromatic N) is 3. The van der Waals surface area contributed by atoms with Crippen LogP contribution < -0.4 is 10.2 Å². The molecular weight excluding hydrogens is 331 g/mol. The Labute approximate surface area is 115 Å². The molecule has 0 radical (unpaired) electrons. The van der Waals surface area contributed by atoms with Crippen LogP contribution in [-0.4, -0.2) is 35.0 Å².